The molecule has 1 N–H and O–H groups in total. The van der Waals surface area contributed by atoms with E-state index in [4.69, 9.17) is 9.47 Å². The summed E-state index contributed by atoms with van der Waals surface area (Å²) in [7, 11) is 1.59. The number of benzene rings is 1. The topological polar surface area (TPSA) is 76.1 Å². The highest BCUT2D eigenvalue weighted by molar-refractivity contribution is 7.10. The summed E-state index contributed by atoms with van der Waals surface area (Å²) in [5.74, 6) is -0.847. The van der Waals surface area contributed by atoms with Crippen LogP contribution >= 0.6 is 11.3 Å². The van der Waals surface area contributed by atoms with Crippen molar-refractivity contribution in [3.8, 4) is 5.75 Å². The molecule has 0 radical (unpaired) electrons. The molecule has 0 aliphatic carbocycles. The van der Waals surface area contributed by atoms with Crippen molar-refractivity contribution in [1.82, 2.24) is 4.90 Å². The second-order valence-electron chi connectivity index (χ2n) is 6.48. The van der Waals surface area contributed by atoms with E-state index in [1.807, 2.05) is 17.5 Å². The van der Waals surface area contributed by atoms with Gasteiger partial charge in [-0.2, -0.15) is 0 Å². The Kier molecular flexibility index (Phi) is 6.85. The molecule has 6 nitrogen and oxygen atoms in total. The number of Topliss-reactive ketones (excluding diaryl/α,β-unsaturated/α-hetero) is 1. The lowest BCUT2D eigenvalue weighted by atomic mass is 10.00. The van der Waals surface area contributed by atoms with E-state index >= 15 is 0 Å². The van der Waals surface area contributed by atoms with Gasteiger partial charge < -0.3 is 19.5 Å². The lowest BCUT2D eigenvalue weighted by Gasteiger charge is -2.23. The van der Waals surface area contributed by atoms with Gasteiger partial charge in [0, 0.05) is 30.7 Å². The average Bonchev–Trinajstić information content (AvgIpc) is 3.35. The second kappa shape index (κ2) is 9.54. The number of hydrogen-bond donors (Lipinski definition) is 1. The number of carbonyl (C=O) groups is 2. The Labute approximate surface area is 173 Å². The summed E-state index contributed by atoms with van der Waals surface area (Å²) < 4.78 is 10.5. The number of hydrogen-bond acceptors (Lipinski definition) is 6. The molecule has 1 saturated heterocycles. The first-order valence-electron chi connectivity index (χ1n) is 9.23. The van der Waals surface area contributed by atoms with E-state index in [0.717, 1.165) is 4.88 Å². The van der Waals surface area contributed by atoms with Gasteiger partial charge in [-0.3, -0.25) is 9.59 Å². The van der Waals surface area contributed by atoms with Crippen LogP contribution in [0.5, 0.6) is 5.75 Å². The van der Waals surface area contributed by atoms with Crippen LogP contribution in [0.4, 0.5) is 0 Å². The molecule has 1 atom stereocenters. The Balaban J connectivity index is 1.98. The van der Waals surface area contributed by atoms with Crippen LogP contribution in [0.15, 0.2) is 60.0 Å². The molecule has 152 valence electrons. The normalized spacial score (nSPS) is 18.2. The number of methoxy groups -OCH3 is 1. The zero-order valence-electron chi connectivity index (χ0n) is 16.2. The van der Waals surface area contributed by atoms with Gasteiger partial charge in [0.1, 0.15) is 18.1 Å². The summed E-state index contributed by atoms with van der Waals surface area (Å²) in [6.45, 7) is 4.82. The third kappa shape index (κ3) is 4.41. The molecule has 7 heteroatoms. The molecular formula is C22H23NO5S. The van der Waals surface area contributed by atoms with Gasteiger partial charge in [0.15, 0.2) is 0 Å². The molecule has 1 unspecified atom stereocenters. The largest absolute Gasteiger partial charge is 0.507 e. The van der Waals surface area contributed by atoms with Crippen LogP contribution in [0.3, 0.4) is 0 Å². The van der Waals surface area contributed by atoms with Gasteiger partial charge in [-0.05, 0) is 42.1 Å². The number of rotatable bonds is 9. The van der Waals surface area contributed by atoms with E-state index in [1.165, 1.54) is 16.2 Å². The first kappa shape index (κ1) is 20.8. The van der Waals surface area contributed by atoms with Gasteiger partial charge >= 0.3 is 0 Å². The highest BCUT2D eigenvalue weighted by Gasteiger charge is 2.46. The van der Waals surface area contributed by atoms with Crippen molar-refractivity contribution in [2.75, 3.05) is 26.9 Å². The molecule has 0 saturated carbocycles. The van der Waals surface area contributed by atoms with Crippen LogP contribution in [0.1, 0.15) is 22.9 Å². The van der Waals surface area contributed by atoms with Crippen LogP contribution in [-0.4, -0.2) is 48.6 Å². The van der Waals surface area contributed by atoms with Crippen molar-refractivity contribution in [3.63, 3.8) is 0 Å². The highest BCUT2D eigenvalue weighted by atomic mass is 32.1. The second-order valence-corrected chi connectivity index (χ2v) is 7.46. The van der Waals surface area contributed by atoms with Crippen LogP contribution in [0.2, 0.25) is 0 Å². The molecule has 1 aliphatic rings. The fourth-order valence-corrected chi connectivity index (χ4v) is 4.10. The molecule has 2 heterocycles. The van der Waals surface area contributed by atoms with Crippen molar-refractivity contribution in [2.45, 2.75) is 12.5 Å². The summed E-state index contributed by atoms with van der Waals surface area (Å²) in [6, 6.07) is 9.85. The Hall–Kier alpha value is -2.90. The molecule has 29 heavy (non-hydrogen) atoms. The van der Waals surface area contributed by atoms with Gasteiger partial charge in [-0.1, -0.05) is 18.7 Å². The minimum absolute atomic E-state index is 0.106. The minimum Gasteiger partial charge on any atom is -0.507 e. The molecule has 1 aliphatic heterocycles. The quantitative estimate of drug-likeness (QED) is 0.223. The molecule has 3 rings (SSSR count). The Bertz CT molecular complexity index is 902. The number of ketones is 1. The maximum absolute atomic E-state index is 12.8. The molecule has 0 spiro atoms. The van der Waals surface area contributed by atoms with Gasteiger partial charge in [0.2, 0.25) is 0 Å². The van der Waals surface area contributed by atoms with Gasteiger partial charge in [0.25, 0.3) is 11.7 Å². The van der Waals surface area contributed by atoms with E-state index in [-0.39, 0.29) is 11.3 Å². The lowest BCUT2D eigenvalue weighted by Crippen LogP contribution is -2.31. The van der Waals surface area contributed by atoms with Gasteiger partial charge in [-0.15, -0.1) is 11.3 Å². The predicted octanol–water partition coefficient (Wildman–Crippen LogP) is 3.77. The maximum atomic E-state index is 12.8. The lowest BCUT2D eigenvalue weighted by molar-refractivity contribution is -0.140. The number of nitrogens with zero attached hydrogens (tertiary/aromatic N) is 1. The number of thiophene rings is 1. The third-order valence-electron chi connectivity index (χ3n) is 4.60. The van der Waals surface area contributed by atoms with Crippen molar-refractivity contribution >= 4 is 28.8 Å². The SMILES string of the molecule is C=CCOc1ccc(/C(O)=C2/C(=O)C(=O)N(CCCOC)C2c2cccs2)cc1. The summed E-state index contributed by atoms with van der Waals surface area (Å²) in [5.41, 5.74) is 0.557. The smallest absolute Gasteiger partial charge is 0.295 e. The van der Waals surface area contributed by atoms with Gasteiger partial charge in [0.05, 0.1) is 11.6 Å². The Morgan fingerprint density at radius 2 is 2.03 bits per heavy atom. The van der Waals surface area contributed by atoms with E-state index in [2.05, 4.69) is 6.58 Å². The van der Waals surface area contributed by atoms with Crippen LogP contribution in [0, 0.1) is 0 Å². The van der Waals surface area contributed by atoms with E-state index in [9.17, 15) is 14.7 Å². The molecule has 1 fully saturated rings. The van der Waals surface area contributed by atoms with Crippen LogP contribution in [-0.2, 0) is 14.3 Å². The first-order valence-corrected chi connectivity index (χ1v) is 10.1. The zero-order valence-corrected chi connectivity index (χ0v) is 17.0. The Morgan fingerprint density at radius 1 is 1.28 bits per heavy atom. The maximum Gasteiger partial charge on any atom is 0.295 e. The fourth-order valence-electron chi connectivity index (χ4n) is 3.25. The average molecular weight is 413 g/mol. The number of ether oxygens (including phenoxy) is 2. The number of aliphatic hydroxyl groups is 1. The van der Waals surface area contributed by atoms with Crippen molar-refractivity contribution in [3.05, 3.63) is 70.4 Å². The number of carbonyl (C=O) groups excluding carboxylic acids is 2. The van der Waals surface area contributed by atoms with Gasteiger partial charge in [-0.25, -0.2) is 0 Å². The molecule has 2 aromatic rings. The van der Waals surface area contributed by atoms with E-state index in [0.29, 0.717) is 37.5 Å². The van der Waals surface area contributed by atoms with Crippen molar-refractivity contribution in [1.29, 1.82) is 0 Å². The summed E-state index contributed by atoms with van der Waals surface area (Å²) in [6.07, 6.45) is 2.24. The highest BCUT2D eigenvalue weighted by Crippen LogP contribution is 2.41. The summed E-state index contributed by atoms with van der Waals surface area (Å²) in [4.78, 5) is 27.8. The van der Waals surface area contributed by atoms with E-state index < -0.39 is 17.7 Å². The number of aliphatic hydroxyl groups excluding tert-OH is 1. The van der Waals surface area contributed by atoms with Crippen molar-refractivity contribution in [2.24, 2.45) is 0 Å². The van der Waals surface area contributed by atoms with E-state index in [1.54, 1.807) is 37.5 Å². The third-order valence-corrected chi connectivity index (χ3v) is 5.52. The van der Waals surface area contributed by atoms with Crippen LogP contribution < -0.4 is 4.74 Å². The molecule has 1 amide bonds. The first-order chi connectivity index (χ1) is 14.1. The molecular weight excluding hydrogens is 390 g/mol. The molecule has 1 aromatic carbocycles. The standard InChI is InChI=1S/C22H23NO5S/c1-3-12-28-16-9-7-15(8-10-16)20(24)18-19(17-6-4-14-29-17)23(11-5-13-27-2)22(26)21(18)25/h3-4,6-10,14,19,24H,1,5,11-13H2,2H3/b20-18-. The predicted molar refractivity (Wildman–Crippen MR) is 112 cm³/mol. The number of likely N-dealkylation sites (tertiary alicyclic amines) is 1. The molecule has 1 aromatic heterocycles. The van der Waals surface area contributed by atoms with Crippen LogP contribution in [0.25, 0.3) is 5.76 Å². The summed E-state index contributed by atoms with van der Waals surface area (Å²) >= 11 is 1.44. The van der Waals surface area contributed by atoms with Crippen molar-refractivity contribution < 1.29 is 24.2 Å². The zero-order chi connectivity index (χ0) is 20.8. The fraction of sp³-hybridized carbons (Fsp3) is 0.273. The minimum atomic E-state index is -0.676. The molecule has 0 bridgehead atoms. The summed E-state index contributed by atoms with van der Waals surface area (Å²) in [5, 5.41) is 12.8. The monoisotopic (exact) mass is 413 g/mol. The number of amides is 1. The Morgan fingerprint density at radius 3 is 2.66 bits per heavy atom.